The van der Waals surface area contributed by atoms with Gasteiger partial charge in [0.1, 0.15) is 0 Å². The lowest BCUT2D eigenvalue weighted by Crippen LogP contribution is -2.41. The summed E-state index contributed by atoms with van der Waals surface area (Å²) in [5, 5.41) is 6.33. The average molecular weight is 275 g/mol. The molecule has 1 saturated carbocycles. The Morgan fingerprint density at radius 3 is 2.78 bits per heavy atom. The molecule has 3 nitrogen and oxygen atoms in total. The second kappa shape index (κ2) is 8.00. The summed E-state index contributed by atoms with van der Waals surface area (Å²) < 4.78 is 0. The Morgan fingerprint density at radius 1 is 1.28 bits per heavy atom. The molecular formula is C14H27ClN2O. The van der Waals surface area contributed by atoms with E-state index in [1.807, 2.05) is 0 Å². The number of carbonyl (C=O) groups is 1. The van der Waals surface area contributed by atoms with Crippen LogP contribution in [0.5, 0.6) is 0 Å². The highest BCUT2D eigenvalue weighted by atomic mass is 35.5. The van der Waals surface area contributed by atoms with Gasteiger partial charge in [-0.15, -0.1) is 12.4 Å². The van der Waals surface area contributed by atoms with Crippen molar-refractivity contribution >= 4 is 18.3 Å². The van der Waals surface area contributed by atoms with Gasteiger partial charge in [-0.05, 0) is 44.1 Å². The summed E-state index contributed by atoms with van der Waals surface area (Å²) in [5.41, 5.74) is 0. The van der Waals surface area contributed by atoms with Gasteiger partial charge in [0.15, 0.2) is 0 Å². The van der Waals surface area contributed by atoms with E-state index in [0.29, 0.717) is 0 Å². The smallest absolute Gasteiger partial charge is 0.237 e. The standard InChI is InChI=1S/C14H26N2O.ClH/c1-11-4-2-5-12(10-11)7-9-16-14(17)13-6-3-8-15-13;/h11-13,15H,2-10H2,1H3,(H,16,17);1H. The number of halogens is 1. The minimum absolute atomic E-state index is 0. The van der Waals surface area contributed by atoms with Crippen molar-refractivity contribution in [1.29, 1.82) is 0 Å². The van der Waals surface area contributed by atoms with Crippen molar-refractivity contribution in [3.05, 3.63) is 0 Å². The highest BCUT2D eigenvalue weighted by Gasteiger charge is 2.22. The minimum Gasteiger partial charge on any atom is -0.355 e. The first-order valence-corrected chi connectivity index (χ1v) is 7.27. The number of amides is 1. The first kappa shape index (κ1) is 15.8. The molecule has 2 N–H and O–H groups in total. The Kier molecular flexibility index (Phi) is 7.02. The molecule has 4 heteroatoms. The Bertz CT molecular complexity index is 254. The van der Waals surface area contributed by atoms with Crippen LogP contribution in [-0.4, -0.2) is 25.0 Å². The molecule has 2 aliphatic rings. The van der Waals surface area contributed by atoms with Crippen LogP contribution in [0.2, 0.25) is 0 Å². The van der Waals surface area contributed by atoms with E-state index in [2.05, 4.69) is 17.6 Å². The lowest BCUT2D eigenvalue weighted by atomic mass is 9.81. The number of rotatable bonds is 4. The van der Waals surface area contributed by atoms with Crippen LogP contribution < -0.4 is 10.6 Å². The van der Waals surface area contributed by atoms with Gasteiger partial charge in [-0.3, -0.25) is 4.79 Å². The molecule has 1 heterocycles. The third-order valence-corrected chi connectivity index (χ3v) is 4.27. The normalized spacial score (nSPS) is 31.7. The Labute approximate surface area is 117 Å². The van der Waals surface area contributed by atoms with Crippen LogP contribution in [0.15, 0.2) is 0 Å². The van der Waals surface area contributed by atoms with Crippen LogP contribution in [0.4, 0.5) is 0 Å². The third-order valence-electron chi connectivity index (χ3n) is 4.27. The van der Waals surface area contributed by atoms with E-state index < -0.39 is 0 Å². The fourth-order valence-corrected chi connectivity index (χ4v) is 3.25. The van der Waals surface area contributed by atoms with Gasteiger partial charge in [0.2, 0.25) is 5.91 Å². The van der Waals surface area contributed by atoms with E-state index in [1.165, 1.54) is 32.1 Å². The van der Waals surface area contributed by atoms with Crippen molar-refractivity contribution in [1.82, 2.24) is 10.6 Å². The molecule has 1 aliphatic carbocycles. The molecule has 0 aromatic carbocycles. The van der Waals surface area contributed by atoms with Crippen molar-refractivity contribution in [2.45, 2.75) is 57.9 Å². The van der Waals surface area contributed by atoms with Crippen molar-refractivity contribution in [2.24, 2.45) is 11.8 Å². The van der Waals surface area contributed by atoms with Gasteiger partial charge in [-0.2, -0.15) is 0 Å². The molecule has 2 rings (SSSR count). The maximum atomic E-state index is 11.8. The molecule has 3 unspecified atom stereocenters. The number of hydrogen-bond acceptors (Lipinski definition) is 2. The van der Waals surface area contributed by atoms with Crippen molar-refractivity contribution in [3.8, 4) is 0 Å². The maximum Gasteiger partial charge on any atom is 0.237 e. The van der Waals surface area contributed by atoms with Crippen LogP contribution in [0.3, 0.4) is 0 Å². The van der Waals surface area contributed by atoms with Gasteiger partial charge in [0.05, 0.1) is 6.04 Å². The van der Waals surface area contributed by atoms with Gasteiger partial charge >= 0.3 is 0 Å². The SMILES string of the molecule is CC1CCCC(CCNC(=O)C2CCCN2)C1.Cl. The summed E-state index contributed by atoms with van der Waals surface area (Å²) in [7, 11) is 0. The zero-order valence-electron chi connectivity index (χ0n) is 11.4. The molecule has 1 amide bonds. The van der Waals surface area contributed by atoms with Crippen molar-refractivity contribution < 1.29 is 4.79 Å². The molecule has 0 radical (unpaired) electrons. The Hall–Kier alpha value is -0.280. The van der Waals surface area contributed by atoms with E-state index in [-0.39, 0.29) is 24.4 Å². The molecule has 0 spiro atoms. The molecular weight excluding hydrogens is 248 g/mol. The predicted molar refractivity (Wildman–Crippen MR) is 77.0 cm³/mol. The van der Waals surface area contributed by atoms with Crippen LogP contribution in [-0.2, 0) is 4.79 Å². The third kappa shape index (κ3) is 4.77. The first-order valence-electron chi connectivity index (χ1n) is 7.27. The summed E-state index contributed by atoms with van der Waals surface area (Å²) in [6, 6.07) is 0.0836. The predicted octanol–water partition coefficient (Wildman–Crippen LogP) is 2.49. The van der Waals surface area contributed by atoms with Gasteiger partial charge in [0.25, 0.3) is 0 Å². The largest absolute Gasteiger partial charge is 0.355 e. The fraction of sp³-hybridized carbons (Fsp3) is 0.929. The quantitative estimate of drug-likeness (QED) is 0.827. The average Bonchev–Trinajstić information content (AvgIpc) is 2.82. The summed E-state index contributed by atoms with van der Waals surface area (Å²) in [6.45, 7) is 4.22. The van der Waals surface area contributed by atoms with E-state index in [0.717, 1.165) is 37.8 Å². The van der Waals surface area contributed by atoms with Crippen LogP contribution in [0.25, 0.3) is 0 Å². The van der Waals surface area contributed by atoms with E-state index in [1.54, 1.807) is 0 Å². The van der Waals surface area contributed by atoms with Gasteiger partial charge in [0, 0.05) is 6.54 Å². The minimum atomic E-state index is 0. The number of nitrogens with one attached hydrogen (secondary N) is 2. The van der Waals surface area contributed by atoms with Crippen LogP contribution >= 0.6 is 12.4 Å². The summed E-state index contributed by atoms with van der Waals surface area (Å²) in [5.74, 6) is 1.95. The van der Waals surface area contributed by atoms with E-state index in [9.17, 15) is 4.79 Å². The number of carbonyl (C=O) groups excluding carboxylic acids is 1. The molecule has 1 saturated heterocycles. The summed E-state index contributed by atoms with van der Waals surface area (Å²) in [6.07, 6.45) is 8.81. The highest BCUT2D eigenvalue weighted by molar-refractivity contribution is 5.85. The van der Waals surface area contributed by atoms with Crippen molar-refractivity contribution in [3.63, 3.8) is 0 Å². The first-order chi connectivity index (χ1) is 8.25. The molecule has 0 aromatic heterocycles. The summed E-state index contributed by atoms with van der Waals surface area (Å²) in [4.78, 5) is 11.8. The molecule has 18 heavy (non-hydrogen) atoms. The molecule has 1 aliphatic heterocycles. The molecule has 0 bridgehead atoms. The zero-order chi connectivity index (χ0) is 12.1. The van der Waals surface area contributed by atoms with E-state index >= 15 is 0 Å². The van der Waals surface area contributed by atoms with Crippen molar-refractivity contribution in [2.75, 3.05) is 13.1 Å². The second-order valence-corrected chi connectivity index (χ2v) is 5.87. The highest BCUT2D eigenvalue weighted by Crippen LogP contribution is 2.30. The Balaban J connectivity index is 0.00000162. The number of hydrogen-bond donors (Lipinski definition) is 2. The second-order valence-electron chi connectivity index (χ2n) is 5.87. The lowest BCUT2D eigenvalue weighted by molar-refractivity contribution is -0.122. The molecule has 0 aromatic rings. The monoisotopic (exact) mass is 274 g/mol. The van der Waals surface area contributed by atoms with E-state index in [4.69, 9.17) is 0 Å². The van der Waals surface area contributed by atoms with Gasteiger partial charge in [-0.25, -0.2) is 0 Å². The van der Waals surface area contributed by atoms with Gasteiger partial charge in [-0.1, -0.05) is 26.2 Å². The molecule has 2 fully saturated rings. The van der Waals surface area contributed by atoms with Crippen LogP contribution in [0.1, 0.15) is 51.9 Å². The molecule has 3 atom stereocenters. The maximum absolute atomic E-state index is 11.8. The topological polar surface area (TPSA) is 41.1 Å². The van der Waals surface area contributed by atoms with Crippen LogP contribution in [0, 0.1) is 11.8 Å². The zero-order valence-corrected chi connectivity index (χ0v) is 12.2. The lowest BCUT2D eigenvalue weighted by Gasteiger charge is -2.26. The summed E-state index contributed by atoms with van der Waals surface area (Å²) >= 11 is 0. The fourth-order valence-electron chi connectivity index (χ4n) is 3.25. The van der Waals surface area contributed by atoms with Gasteiger partial charge < -0.3 is 10.6 Å². The Morgan fingerprint density at radius 2 is 2.11 bits per heavy atom. The molecule has 106 valence electrons.